The van der Waals surface area contributed by atoms with Crippen LogP contribution in [0.2, 0.25) is 5.02 Å². The van der Waals surface area contributed by atoms with Crippen LogP contribution in [-0.2, 0) is 4.79 Å². The van der Waals surface area contributed by atoms with E-state index >= 15 is 0 Å². The second kappa shape index (κ2) is 5.00. The number of benzene rings is 1. The highest BCUT2D eigenvalue weighted by molar-refractivity contribution is 6.30. The number of halogens is 1. The molecule has 0 heterocycles. The highest BCUT2D eigenvalue weighted by Gasteiger charge is 2.27. The average Bonchev–Trinajstić information content (AvgIpc) is 2.28. The van der Waals surface area contributed by atoms with E-state index in [4.69, 9.17) is 21.6 Å². The molecule has 0 amide bonds. The fourth-order valence-corrected chi connectivity index (χ4v) is 1.05. The van der Waals surface area contributed by atoms with Crippen LogP contribution in [0.15, 0.2) is 24.3 Å². The minimum atomic E-state index is -1.01. The van der Waals surface area contributed by atoms with Gasteiger partial charge in [-0.3, -0.25) is 4.79 Å². The van der Waals surface area contributed by atoms with Gasteiger partial charge >= 0.3 is 0 Å². The van der Waals surface area contributed by atoms with E-state index in [9.17, 15) is 4.79 Å². The Labute approximate surface area is 99.6 Å². The summed E-state index contributed by atoms with van der Waals surface area (Å²) in [7, 11) is 0. The first kappa shape index (κ1) is 12.5. The Balaban J connectivity index is 2.56. The molecule has 0 saturated carbocycles. The molecule has 0 radical (unpaired) electrons. The molecule has 0 atom stereocenters. The molecule has 0 fully saturated rings. The summed E-state index contributed by atoms with van der Waals surface area (Å²) in [5.74, 6) is 0.316. The van der Waals surface area contributed by atoms with Gasteiger partial charge in [0.15, 0.2) is 5.78 Å². The molecule has 0 aliphatic heterocycles. The second-order valence-electron chi connectivity index (χ2n) is 3.90. The molecule has 84 valence electrons. The smallest absolute Gasteiger partial charge is 0.189 e. The van der Waals surface area contributed by atoms with Gasteiger partial charge in [-0.25, -0.2) is 0 Å². The molecule has 0 saturated heterocycles. The van der Waals surface area contributed by atoms with Gasteiger partial charge in [0.25, 0.3) is 0 Å². The number of carbonyl (C=O) groups is 1. The molecule has 0 aliphatic rings. The number of hydrogen-bond donors (Lipinski definition) is 0. The Morgan fingerprint density at radius 2 is 2.00 bits per heavy atom. The van der Waals surface area contributed by atoms with Crippen LogP contribution in [0.1, 0.15) is 13.8 Å². The first-order chi connectivity index (χ1) is 7.45. The van der Waals surface area contributed by atoms with Crippen LogP contribution in [0.4, 0.5) is 0 Å². The monoisotopic (exact) mass is 237 g/mol. The molecule has 0 aliphatic carbocycles. The Morgan fingerprint density at radius 1 is 1.44 bits per heavy atom. The summed E-state index contributed by atoms with van der Waals surface area (Å²) in [6.45, 7) is 3.03. The highest BCUT2D eigenvalue weighted by atomic mass is 35.5. The molecular formula is C12H12ClNO2. The third-order valence-corrected chi connectivity index (χ3v) is 2.41. The molecule has 0 bridgehead atoms. The minimum Gasteiger partial charge on any atom is -0.486 e. The van der Waals surface area contributed by atoms with E-state index in [1.54, 1.807) is 38.1 Å². The number of hydrogen-bond acceptors (Lipinski definition) is 3. The Bertz CT molecular complexity index is 418. The van der Waals surface area contributed by atoms with Crippen molar-refractivity contribution in [1.29, 1.82) is 5.26 Å². The van der Waals surface area contributed by atoms with Crippen molar-refractivity contribution >= 4 is 17.4 Å². The summed E-state index contributed by atoms with van der Waals surface area (Å²) in [6.07, 6.45) is 0. The summed E-state index contributed by atoms with van der Waals surface area (Å²) in [5, 5.41) is 9.36. The lowest BCUT2D eigenvalue weighted by Crippen LogP contribution is -2.27. The highest BCUT2D eigenvalue weighted by Crippen LogP contribution is 2.18. The van der Waals surface area contributed by atoms with Crippen molar-refractivity contribution in [3.05, 3.63) is 29.3 Å². The van der Waals surface area contributed by atoms with Crippen molar-refractivity contribution in [3.63, 3.8) is 0 Å². The fourth-order valence-electron chi connectivity index (χ4n) is 0.922. The van der Waals surface area contributed by atoms with Gasteiger partial charge in [0.2, 0.25) is 0 Å². The lowest BCUT2D eigenvalue weighted by atomic mass is 9.91. The van der Waals surface area contributed by atoms with Crippen molar-refractivity contribution in [2.45, 2.75) is 13.8 Å². The van der Waals surface area contributed by atoms with Crippen LogP contribution in [0, 0.1) is 16.7 Å². The lowest BCUT2D eigenvalue weighted by Gasteiger charge is -2.13. The SMILES string of the molecule is CC(C)(C#N)C(=O)COc1ccc(Cl)cc1. The van der Waals surface area contributed by atoms with Gasteiger partial charge in [0.05, 0.1) is 6.07 Å². The van der Waals surface area contributed by atoms with Gasteiger partial charge in [-0.2, -0.15) is 5.26 Å². The van der Waals surface area contributed by atoms with Crippen LogP contribution >= 0.6 is 11.6 Å². The van der Waals surface area contributed by atoms with E-state index in [1.807, 2.05) is 6.07 Å². The normalized spacial score (nSPS) is 10.6. The molecule has 1 aromatic carbocycles. The molecule has 4 heteroatoms. The average molecular weight is 238 g/mol. The van der Waals surface area contributed by atoms with E-state index in [2.05, 4.69) is 0 Å². The molecule has 0 N–H and O–H groups in total. The van der Waals surface area contributed by atoms with Crippen LogP contribution in [0.3, 0.4) is 0 Å². The zero-order chi connectivity index (χ0) is 12.2. The Kier molecular flexibility index (Phi) is 3.92. The van der Waals surface area contributed by atoms with Gasteiger partial charge in [-0.1, -0.05) is 11.6 Å². The molecule has 0 spiro atoms. The van der Waals surface area contributed by atoms with E-state index in [0.29, 0.717) is 10.8 Å². The quantitative estimate of drug-likeness (QED) is 0.809. The summed E-state index contributed by atoms with van der Waals surface area (Å²) in [4.78, 5) is 11.6. The van der Waals surface area contributed by atoms with E-state index in [1.165, 1.54) is 0 Å². The van der Waals surface area contributed by atoms with Gasteiger partial charge in [-0.05, 0) is 38.1 Å². The van der Waals surface area contributed by atoms with Gasteiger partial charge in [0.1, 0.15) is 17.8 Å². The van der Waals surface area contributed by atoms with Gasteiger partial charge in [-0.15, -0.1) is 0 Å². The Hall–Kier alpha value is -1.53. The third-order valence-electron chi connectivity index (χ3n) is 2.16. The molecule has 0 unspecified atom stereocenters. The zero-order valence-corrected chi connectivity index (χ0v) is 9.91. The van der Waals surface area contributed by atoms with Crippen LogP contribution in [0.5, 0.6) is 5.75 Å². The first-order valence-electron chi connectivity index (χ1n) is 4.78. The number of nitrogens with zero attached hydrogens (tertiary/aromatic N) is 1. The van der Waals surface area contributed by atoms with E-state index in [0.717, 1.165) is 0 Å². The van der Waals surface area contributed by atoms with Crippen molar-refractivity contribution in [2.24, 2.45) is 5.41 Å². The number of Topliss-reactive ketones (excluding diaryl/α,β-unsaturated/α-hetero) is 1. The molecule has 3 nitrogen and oxygen atoms in total. The maximum Gasteiger partial charge on any atom is 0.189 e. The minimum absolute atomic E-state index is 0.109. The van der Waals surface area contributed by atoms with Crippen LogP contribution in [0.25, 0.3) is 0 Å². The van der Waals surface area contributed by atoms with Crippen molar-refractivity contribution < 1.29 is 9.53 Å². The second-order valence-corrected chi connectivity index (χ2v) is 4.34. The maximum atomic E-state index is 11.6. The van der Waals surface area contributed by atoms with Gasteiger partial charge < -0.3 is 4.74 Å². The molecular weight excluding hydrogens is 226 g/mol. The molecule has 0 aromatic heterocycles. The van der Waals surface area contributed by atoms with Crippen molar-refractivity contribution in [1.82, 2.24) is 0 Å². The van der Waals surface area contributed by atoms with Crippen molar-refractivity contribution in [3.8, 4) is 11.8 Å². The topological polar surface area (TPSA) is 50.1 Å². The zero-order valence-electron chi connectivity index (χ0n) is 9.16. The summed E-state index contributed by atoms with van der Waals surface area (Å²) < 4.78 is 5.25. The standard InChI is InChI=1S/C12H12ClNO2/c1-12(2,8-14)11(15)7-16-10-5-3-9(13)4-6-10/h3-6H,7H2,1-2H3. The number of ketones is 1. The lowest BCUT2D eigenvalue weighted by molar-refractivity contribution is -0.126. The predicted octanol–water partition coefficient (Wildman–Crippen LogP) is 2.84. The summed E-state index contributed by atoms with van der Waals surface area (Å²) >= 11 is 5.70. The predicted molar refractivity (Wildman–Crippen MR) is 61.3 cm³/mol. The number of nitriles is 1. The number of ether oxygens (including phenoxy) is 1. The number of rotatable bonds is 4. The first-order valence-corrected chi connectivity index (χ1v) is 5.16. The van der Waals surface area contributed by atoms with E-state index in [-0.39, 0.29) is 12.4 Å². The molecule has 16 heavy (non-hydrogen) atoms. The number of carbonyl (C=O) groups excluding carboxylic acids is 1. The summed E-state index contributed by atoms with van der Waals surface area (Å²) in [6, 6.07) is 8.64. The molecule has 1 aromatic rings. The maximum absolute atomic E-state index is 11.6. The van der Waals surface area contributed by atoms with Crippen LogP contribution < -0.4 is 4.74 Å². The largest absolute Gasteiger partial charge is 0.486 e. The summed E-state index contributed by atoms with van der Waals surface area (Å²) in [5.41, 5.74) is -1.01. The molecule has 1 rings (SSSR count). The van der Waals surface area contributed by atoms with Gasteiger partial charge in [0, 0.05) is 5.02 Å². The third kappa shape index (κ3) is 3.25. The van der Waals surface area contributed by atoms with E-state index < -0.39 is 5.41 Å². The fraction of sp³-hybridized carbons (Fsp3) is 0.333. The van der Waals surface area contributed by atoms with Crippen LogP contribution in [-0.4, -0.2) is 12.4 Å². The Morgan fingerprint density at radius 3 is 2.50 bits per heavy atom. The van der Waals surface area contributed by atoms with Crippen molar-refractivity contribution in [2.75, 3.05) is 6.61 Å².